The normalized spacial score (nSPS) is 19.7. The fraction of sp³-hybridized carbons (Fsp3) is 0.882. The second-order valence-corrected chi connectivity index (χ2v) is 5.74. The number of hydrogen-bond acceptors (Lipinski definition) is 0. The number of unbranched alkanes of at least 4 members (excludes halogenated alkanes) is 8. The van der Waals surface area contributed by atoms with E-state index in [2.05, 4.69) is 19.1 Å². The summed E-state index contributed by atoms with van der Waals surface area (Å²) in [6, 6.07) is 0. The molecule has 0 spiro atoms. The van der Waals surface area contributed by atoms with Crippen molar-refractivity contribution in [3.8, 4) is 0 Å². The third kappa shape index (κ3) is 8.46. The van der Waals surface area contributed by atoms with Gasteiger partial charge >= 0.3 is 0 Å². The molecule has 1 aliphatic carbocycles. The highest BCUT2D eigenvalue weighted by Crippen LogP contribution is 2.22. The first-order chi connectivity index (χ1) is 8.43. The fourth-order valence-electron chi connectivity index (χ4n) is 2.84. The quantitative estimate of drug-likeness (QED) is 0.310. The van der Waals surface area contributed by atoms with E-state index in [1.807, 2.05) is 0 Å². The minimum atomic E-state index is 0.924. The highest BCUT2D eigenvalue weighted by Gasteiger charge is 2.07. The zero-order chi connectivity index (χ0) is 12.2. The van der Waals surface area contributed by atoms with Gasteiger partial charge < -0.3 is 0 Å². The van der Waals surface area contributed by atoms with Crippen molar-refractivity contribution in [1.82, 2.24) is 0 Å². The van der Waals surface area contributed by atoms with Gasteiger partial charge in [0.1, 0.15) is 0 Å². The lowest BCUT2D eigenvalue weighted by Gasteiger charge is -2.15. The molecular weight excluding hydrogens is 204 g/mol. The molecule has 0 nitrogen and oxygen atoms in total. The Labute approximate surface area is 109 Å². The van der Waals surface area contributed by atoms with Gasteiger partial charge in [-0.2, -0.15) is 0 Å². The van der Waals surface area contributed by atoms with Crippen molar-refractivity contribution in [2.75, 3.05) is 0 Å². The van der Waals surface area contributed by atoms with E-state index in [4.69, 9.17) is 0 Å². The number of allylic oxidation sites excluding steroid dienone is 2. The molecule has 0 aromatic heterocycles. The van der Waals surface area contributed by atoms with Crippen LogP contribution in [0.2, 0.25) is 0 Å². The maximum absolute atomic E-state index is 2.47. The van der Waals surface area contributed by atoms with E-state index in [0.717, 1.165) is 5.92 Å². The third-order valence-corrected chi connectivity index (χ3v) is 4.03. The smallest absolute Gasteiger partial charge is 0.0233 e. The SMILES string of the molecule is CCCCCCCCCCCC1C=CCCC1. The van der Waals surface area contributed by atoms with Crippen LogP contribution in [-0.4, -0.2) is 0 Å². The van der Waals surface area contributed by atoms with Gasteiger partial charge in [0, 0.05) is 0 Å². The van der Waals surface area contributed by atoms with Crippen LogP contribution in [-0.2, 0) is 0 Å². The highest BCUT2D eigenvalue weighted by molar-refractivity contribution is 4.92. The minimum absolute atomic E-state index is 0.924. The lowest BCUT2D eigenvalue weighted by atomic mass is 9.91. The lowest BCUT2D eigenvalue weighted by molar-refractivity contribution is 0.467. The first-order valence-corrected chi connectivity index (χ1v) is 8.10. The molecule has 0 radical (unpaired) electrons. The molecular formula is C17H32. The van der Waals surface area contributed by atoms with Gasteiger partial charge in [-0.25, -0.2) is 0 Å². The van der Waals surface area contributed by atoms with Crippen molar-refractivity contribution < 1.29 is 0 Å². The van der Waals surface area contributed by atoms with Crippen molar-refractivity contribution in [2.45, 2.75) is 90.4 Å². The van der Waals surface area contributed by atoms with Crippen LogP contribution in [0.15, 0.2) is 12.2 Å². The van der Waals surface area contributed by atoms with Crippen molar-refractivity contribution in [3.63, 3.8) is 0 Å². The van der Waals surface area contributed by atoms with Gasteiger partial charge in [-0.1, -0.05) is 76.9 Å². The summed E-state index contributed by atoms with van der Waals surface area (Å²) in [6.07, 6.45) is 23.6. The van der Waals surface area contributed by atoms with Crippen LogP contribution in [0.3, 0.4) is 0 Å². The Balaban J connectivity index is 1.78. The Morgan fingerprint density at radius 1 is 0.882 bits per heavy atom. The molecule has 0 fully saturated rings. The van der Waals surface area contributed by atoms with Crippen LogP contribution in [0, 0.1) is 5.92 Å². The molecule has 0 aromatic carbocycles. The summed E-state index contributed by atoms with van der Waals surface area (Å²) in [6.45, 7) is 2.29. The van der Waals surface area contributed by atoms with E-state index in [-0.39, 0.29) is 0 Å². The van der Waals surface area contributed by atoms with E-state index < -0.39 is 0 Å². The summed E-state index contributed by atoms with van der Waals surface area (Å²) < 4.78 is 0. The van der Waals surface area contributed by atoms with Crippen LogP contribution in [0.25, 0.3) is 0 Å². The molecule has 0 aromatic rings. The first-order valence-electron chi connectivity index (χ1n) is 8.10. The second-order valence-electron chi connectivity index (χ2n) is 5.74. The molecule has 0 aliphatic heterocycles. The predicted octanol–water partition coefficient (Wildman–Crippen LogP) is 6.26. The molecule has 1 aliphatic rings. The summed E-state index contributed by atoms with van der Waals surface area (Å²) >= 11 is 0. The van der Waals surface area contributed by atoms with Crippen molar-refractivity contribution in [3.05, 3.63) is 12.2 Å². The molecule has 0 amide bonds. The average molecular weight is 236 g/mol. The summed E-state index contributed by atoms with van der Waals surface area (Å²) in [4.78, 5) is 0. The molecule has 1 rings (SSSR count). The molecule has 0 bridgehead atoms. The Kier molecular flexibility index (Phi) is 9.46. The Morgan fingerprint density at radius 3 is 2.12 bits per heavy atom. The van der Waals surface area contributed by atoms with Gasteiger partial charge in [-0.05, 0) is 31.6 Å². The molecule has 17 heavy (non-hydrogen) atoms. The molecule has 100 valence electrons. The zero-order valence-electron chi connectivity index (χ0n) is 11.9. The third-order valence-electron chi connectivity index (χ3n) is 4.03. The molecule has 0 saturated carbocycles. The van der Waals surface area contributed by atoms with Crippen LogP contribution >= 0.6 is 0 Å². The molecule has 1 atom stereocenters. The first kappa shape index (κ1) is 14.8. The van der Waals surface area contributed by atoms with E-state index in [9.17, 15) is 0 Å². The summed E-state index contributed by atoms with van der Waals surface area (Å²) in [5, 5.41) is 0. The molecule has 1 unspecified atom stereocenters. The Morgan fingerprint density at radius 2 is 1.53 bits per heavy atom. The standard InChI is InChI=1S/C17H32/c1-2-3-4-5-6-7-8-9-11-14-17-15-12-10-13-16-17/h12,15,17H,2-11,13-14,16H2,1H3. The van der Waals surface area contributed by atoms with Crippen molar-refractivity contribution in [1.29, 1.82) is 0 Å². The summed E-state index contributed by atoms with van der Waals surface area (Å²) in [7, 11) is 0. The number of hydrogen-bond donors (Lipinski definition) is 0. The van der Waals surface area contributed by atoms with E-state index >= 15 is 0 Å². The molecule has 0 saturated heterocycles. The summed E-state index contributed by atoms with van der Waals surface area (Å²) in [5.74, 6) is 0.924. The van der Waals surface area contributed by atoms with Crippen LogP contribution in [0.5, 0.6) is 0 Å². The van der Waals surface area contributed by atoms with Gasteiger partial charge in [0.25, 0.3) is 0 Å². The highest BCUT2D eigenvalue weighted by atomic mass is 14.1. The average Bonchev–Trinajstić information content (AvgIpc) is 2.38. The Hall–Kier alpha value is -0.260. The van der Waals surface area contributed by atoms with Gasteiger partial charge in [0.15, 0.2) is 0 Å². The fourth-order valence-corrected chi connectivity index (χ4v) is 2.84. The largest absolute Gasteiger partial charge is 0.0883 e. The molecule has 0 heteroatoms. The molecule has 0 heterocycles. The number of rotatable bonds is 10. The van der Waals surface area contributed by atoms with Crippen molar-refractivity contribution >= 4 is 0 Å². The monoisotopic (exact) mass is 236 g/mol. The van der Waals surface area contributed by atoms with E-state index in [1.165, 1.54) is 83.5 Å². The van der Waals surface area contributed by atoms with Gasteiger partial charge in [0.2, 0.25) is 0 Å². The Bertz CT molecular complexity index is 180. The van der Waals surface area contributed by atoms with E-state index in [1.54, 1.807) is 0 Å². The predicted molar refractivity (Wildman–Crippen MR) is 78.3 cm³/mol. The minimum Gasteiger partial charge on any atom is -0.0883 e. The maximum Gasteiger partial charge on any atom is -0.0233 e. The van der Waals surface area contributed by atoms with Crippen molar-refractivity contribution in [2.24, 2.45) is 5.92 Å². The zero-order valence-corrected chi connectivity index (χ0v) is 11.9. The molecule has 0 N–H and O–H groups in total. The van der Waals surface area contributed by atoms with Crippen LogP contribution in [0.4, 0.5) is 0 Å². The van der Waals surface area contributed by atoms with Gasteiger partial charge in [0.05, 0.1) is 0 Å². The van der Waals surface area contributed by atoms with E-state index in [0.29, 0.717) is 0 Å². The second kappa shape index (κ2) is 10.9. The lowest BCUT2D eigenvalue weighted by Crippen LogP contribution is -2.00. The van der Waals surface area contributed by atoms with Gasteiger partial charge in [-0.15, -0.1) is 0 Å². The van der Waals surface area contributed by atoms with Crippen LogP contribution in [0.1, 0.15) is 90.4 Å². The van der Waals surface area contributed by atoms with Gasteiger partial charge in [-0.3, -0.25) is 0 Å². The maximum atomic E-state index is 2.47. The summed E-state index contributed by atoms with van der Waals surface area (Å²) in [5.41, 5.74) is 0. The van der Waals surface area contributed by atoms with Crippen LogP contribution < -0.4 is 0 Å². The topological polar surface area (TPSA) is 0 Å².